The van der Waals surface area contributed by atoms with E-state index in [-0.39, 0.29) is 5.56 Å². The number of methoxy groups -OCH3 is 1. The summed E-state index contributed by atoms with van der Waals surface area (Å²) in [5, 5.41) is 14.9. The maximum Gasteiger partial charge on any atom is 0.337 e. The van der Waals surface area contributed by atoms with Crippen LogP contribution in [0.3, 0.4) is 0 Å². The summed E-state index contributed by atoms with van der Waals surface area (Å²) in [6.45, 7) is 0.491. The number of aromatic carboxylic acids is 1. The molecule has 0 unspecified atom stereocenters. The first-order chi connectivity index (χ1) is 8.70. The van der Waals surface area contributed by atoms with Gasteiger partial charge in [-0.05, 0) is 12.1 Å². The van der Waals surface area contributed by atoms with E-state index in [1.807, 2.05) is 5.38 Å². The Morgan fingerprint density at radius 1 is 1.56 bits per heavy atom. The van der Waals surface area contributed by atoms with Gasteiger partial charge in [-0.2, -0.15) is 0 Å². The molecular formula is C12H12N2O3S. The molecule has 0 aliphatic rings. The maximum absolute atomic E-state index is 11.1. The molecule has 0 radical (unpaired) electrons. The van der Waals surface area contributed by atoms with Gasteiger partial charge in [-0.1, -0.05) is 0 Å². The Labute approximate surface area is 108 Å². The van der Waals surface area contributed by atoms with Crippen molar-refractivity contribution < 1.29 is 14.6 Å². The molecular weight excluding hydrogens is 252 g/mol. The molecule has 0 saturated carbocycles. The predicted octanol–water partition coefficient (Wildman–Crippen LogP) is 2.46. The average Bonchev–Trinajstić information content (AvgIpc) is 2.88. The van der Waals surface area contributed by atoms with Gasteiger partial charge in [0.15, 0.2) is 0 Å². The highest BCUT2D eigenvalue weighted by Gasteiger charge is 2.11. The third-order valence-electron chi connectivity index (χ3n) is 2.37. The van der Waals surface area contributed by atoms with Crippen LogP contribution in [0, 0.1) is 0 Å². The Balaban J connectivity index is 2.20. The molecule has 0 saturated heterocycles. The summed E-state index contributed by atoms with van der Waals surface area (Å²) in [4.78, 5) is 15.2. The largest absolute Gasteiger partial charge is 0.497 e. The van der Waals surface area contributed by atoms with Crippen molar-refractivity contribution in [3.63, 3.8) is 0 Å². The fourth-order valence-corrected chi connectivity index (χ4v) is 2.05. The van der Waals surface area contributed by atoms with Crippen molar-refractivity contribution in [2.24, 2.45) is 0 Å². The smallest absolute Gasteiger partial charge is 0.337 e. The number of carboxylic acids is 1. The number of nitrogens with one attached hydrogen (secondary N) is 1. The van der Waals surface area contributed by atoms with E-state index in [1.54, 1.807) is 25.4 Å². The number of carboxylic acid groups (broad SMARTS) is 1. The van der Waals surface area contributed by atoms with Gasteiger partial charge in [-0.3, -0.25) is 0 Å². The van der Waals surface area contributed by atoms with Crippen molar-refractivity contribution in [1.82, 2.24) is 4.98 Å². The number of nitrogens with zero attached hydrogens (tertiary/aromatic N) is 1. The number of hydrogen-bond donors (Lipinski definition) is 2. The van der Waals surface area contributed by atoms with Gasteiger partial charge in [0, 0.05) is 17.6 Å². The molecule has 18 heavy (non-hydrogen) atoms. The molecule has 1 heterocycles. The first-order valence-corrected chi connectivity index (χ1v) is 6.12. The highest BCUT2D eigenvalue weighted by molar-refractivity contribution is 7.09. The van der Waals surface area contributed by atoms with Crippen LogP contribution in [0.4, 0.5) is 5.69 Å². The van der Waals surface area contributed by atoms with Crippen LogP contribution in [0.5, 0.6) is 5.75 Å². The molecule has 2 aromatic rings. The fourth-order valence-electron chi connectivity index (χ4n) is 1.49. The molecule has 0 atom stereocenters. The normalized spacial score (nSPS) is 10.1. The zero-order chi connectivity index (χ0) is 13.0. The van der Waals surface area contributed by atoms with Gasteiger partial charge in [0.1, 0.15) is 10.8 Å². The number of carbonyl (C=O) groups is 1. The summed E-state index contributed by atoms with van der Waals surface area (Å²) in [7, 11) is 1.54. The minimum Gasteiger partial charge on any atom is -0.497 e. The van der Waals surface area contributed by atoms with Gasteiger partial charge in [0.05, 0.1) is 24.9 Å². The molecule has 0 aliphatic heterocycles. The van der Waals surface area contributed by atoms with E-state index >= 15 is 0 Å². The molecule has 5 nitrogen and oxygen atoms in total. The van der Waals surface area contributed by atoms with Crippen molar-refractivity contribution >= 4 is 23.0 Å². The van der Waals surface area contributed by atoms with E-state index in [2.05, 4.69) is 10.3 Å². The molecule has 0 aliphatic carbocycles. The monoisotopic (exact) mass is 264 g/mol. The SMILES string of the molecule is COc1ccc(C(=O)O)c(NCc2nccs2)c1. The minimum absolute atomic E-state index is 0.215. The van der Waals surface area contributed by atoms with Crippen LogP contribution in [0.1, 0.15) is 15.4 Å². The van der Waals surface area contributed by atoms with Crippen LogP contribution < -0.4 is 10.1 Å². The molecule has 1 aromatic carbocycles. The standard InChI is InChI=1S/C12H12N2O3S/c1-17-8-2-3-9(12(15)16)10(6-8)14-7-11-13-4-5-18-11/h2-6,14H,7H2,1H3,(H,15,16). The Hall–Kier alpha value is -2.08. The van der Waals surface area contributed by atoms with Gasteiger partial charge in [-0.15, -0.1) is 11.3 Å². The first kappa shape index (κ1) is 12.4. The second-order valence-corrected chi connectivity index (χ2v) is 4.48. The van der Waals surface area contributed by atoms with Gasteiger partial charge in [-0.25, -0.2) is 9.78 Å². The predicted molar refractivity (Wildman–Crippen MR) is 69.4 cm³/mol. The quantitative estimate of drug-likeness (QED) is 0.868. The first-order valence-electron chi connectivity index (χ1n) is 5.24. The lowest BCUT2D eigenvalue weighted by Crippen LogP contribution is -2.06. The van der Waals surface area contributed by atoms with Crippen molar-refractivity contribution in [3.05, 3.63) is 40.3 Å². The maximum atomic E-state index is 11.1. The third kappa shape index (κ3) is 2.78. The Morgan fingerprint density at radius 2 is 2.39 bits per heavy atom. The number of hydrogen-bond acceptors (Lipinski definition) is 5. The minimum atomic E-state index is -0.973. The Kier molecular flexibility index (Phi) is 3.78. The molecule has 1 aromatic heterocycles. The van der Waals surface area contributed by atoms with E-state index in [0.29, 0.717) is 18.0 Å². The molecule has 94 valence electrons. The Morgan fingerprint density at radius 3 is 3.00 bits per heavy atom. The summed E-state index contributed by atoms with van der Waals surface area (Å²) in [6.07, 6.45) is 1.71. The van der Waals surface area contributed by atoms with Crippen LogP contribution in [0.15, 0.2) is 29.8 Å². The van der Waals surface area contributed by atoms with Gasteiger partial charge >= 0.3 is 5.97 Å². The number of benzene rings is 1. The molecule has 2 rings (SSSR count). The third-order valence-corrected chi connectivity index (χ3v) is 3.15. The van der Waals surface area contributed by atoms with Gasteiger partial charge in [0.25, 0.3) is 0 Å². The lowest BCUT2D eigenvalue weighted by atomic mass is 10.1. The van der Waals surface area contributed by atoms with Crippen molar-refractivity contribution in [2.45, 2.75) is 6.54 Å². The van der Waals surface area contributed by atoms with Crippen LogP contribution >= 0.6 is 11.3 Å². The van der Waals surface area contributed by atoms with Crippen LogP contribution in [0.25, 0.3) is 0 Å². The van der Waals surface area contributed by atoms with Crippen LogP contribution in [0.2, 0.25) is 0 Å². The zero-order valence-corrected chi connectivity index (χ0v) is 10.5. The molecule has 0 fully saturated rings. The van der Waals surface area contributed by atoms with Crippen molar-refractivity contribution in [1.29, 1.82) is 0 Å². The van der Waals surface area contributed by atoms with Gasteiger partial charge in [0.2, 0.25) is 0 Å². The van der Waals surface area contributed by atoms with E-state index in [4.69, 9.17) is 9.84 Å². The van der Waals surface area contributed by atoms with E-state index in [9.17, 15) is 4.79 Å². The van der Waals surface area contributed by atoms with Gasteiger partial charge < -0.3 is 15.2 Å². The molecule has 0 amide bonds. The highest BCUT2D eigenvalue weighted by atomic mass is 32.1. The summed E-state index contributed by atoms with van der Waals surface area (Å²) < 4.78 is 5.08. The second kappa shape index (κ2) is 5.50. The zero-order valence-electron chi connectivity index (χ0n) is 9.71. The lowest BCUT2D eigenvalue weighted by molar-refractivity contribution is 0.0698. The summed E-state index contributed by atoms with van der Waals surface area (Å²) in [5.41, 5.74) is 0.740. The molecule has 0 bridgehead atoms. The Bertz CT molecular complexity index is 540. The van der Waals surface area contributed by atoms with Crippen molar-refractivity contribution in [3.8, 4) is 5.75 Å². The second-order valence-electron chi connectivity index (χ2n) is 3.50. The van der Waals surface area contributed by atoms with Crippen LogP contribution in [-0.4, -0.2) is 23.2 Å². The highest BCUT2D eigenvalue weighted by Crippen LogP contribution is 2.23. The number of ether oxygens (including phenoxy) is 1. The molecule has 0 spiro atoms. The van der Waals surface area contributed by atoms with Crippen molar-refractivity contribution in [2.75, 3.05) is 12.4 Å². The van der Waals surface area contributed by atoms with E-state index in [1.165, 1.54) is 17.4 Å². The fraction of sp³-hybridized carbons (Fsp3) is 0.167. The topological polar surface area (TPSA) is 71.5 Å². The number of rotatable bonds is 5. The molecule has 2 N–H and O–H groups in total. The number of thiazole rings is 1. The molecule has 6 heteroatoms. The summed E-state index contributed by atoms with van der Waals surface area (Å²) in [6, 6.07) is 4.81. The summed E-state index contributed by atoms with van der Waals surface area (Å²) in [5.74, 6) is -0.360. The lowest BCUT2D eigenvalue weighted by Gasteiger charge is -2.10. The number of anilines is 1. The van der Waals surface area contributed by atoms with Crippen LogP contribution in [-0.2, 0) is 6.54 Å². The number of aromatic nitrogens is 1. The van der Waals surface area contributed by atoms with E-state index < -0.39 is 5.97 Å². The summed E-state index contributed by atoms with van der Waals surface area (Å²) >= 11 is 1.51. The average molecular weight is 264 g/mol. The van der Waals surface area contributed by atoms with E-state index in [0.717, 1.165) is 5.01 Å².